The first-order valence-corrected chi connectivity index (χ1v) is 20.0. The Morgan fingerprint density at radius 1 is 0.692 bits per heavy atom. The zero-order valence-corrected chi connectivity index (χ0v) is 33.5. The van der Waals surface area contributed by atoms with Gasteiger partial charge in [0.25, 0.3) is 0 Å². The highest BCUT2D eigenvalue weighted by molar-refractivity contribution is 7.98. The standard InChI is InChI=1S/C36H65N7O8S/c1-11-21(7)28(43-35(49)29(22(8)12-2)42-31(45)24-14-13-16-37-24)34(48)38-23(9)30(44)40-26(18-19(3)4)33(47)39-25(15-17-52-10)32(46)41-27(20(5)6)36(50)51/h19-29,37H,11-18H2,1-10H3,(H,38,48)(H,39,47)(H,40,44)(H,41,46)(H,42,45)(H,43,49)(H,50,51). The lowest BCUT2D eigenvalue weighted by molar-refractivity contribution is -0.143. The van der Waals surface area contributed by atoms with Gasteiger partial charge in [-0.25, -0.2) is 4.79 Å². The van der Waals surface area contributed by atoms with Gasteiger partial charge in [0.1, 0.15) is 36.3 Å². The molecule has 8 N–H and O–H groups in total. The van der Waals surface area contributed by atoms with E-state index in [0.29, 0.717) is 25.0 Å². The third kappa shape index (κ3) is 15.3. The topological polar surface area (TPSA) is 224 Å². The number of carboxylic acid groups (broad SMARTS) is 1. The molecule has 0 bridgehead atoms. The van der Waals surface area contributed by atoms with Crippen molar-refractivity contribution in [2.75, 3.05) is 18.6 Å². The van der Waals surface area contributed by atoms with Gasteiger partial charge >= 0.3 is 5.97 Å². The third-order valence-corrected chi connectivity index (χ3v) is 10.2. The first-order chi connectivity index (χ1) is 24.4. The first-order valence-electron chi connectivity index (χ1n) is 18.6. The molecular weight excluding hydrogens is 691 g/mol. The Balaban J connectivity index is 3.10. The molecule has 15 nitrogen and oxygen atoms in total. The summed E-state index contributed by atoms with van der Waals surface area (Å²) in [5.41, 5.74) is 0. The molecule has 0 aliphatic carbocycles. The highest BCUT2D eigenvalue weighted by Gasteiger charge is 2.36. The Labute approximate surface area is 313 Å². The van der Waals surface area contributed by atoms with Crippen LogP contribution in [0.2, 0.25) is 0 Å². The van der Waals surface area contributed by atoms with Gasteiger partial charge in [0, 0.05) is 0 Å². The van der Waals surface area contributed by atoms with Crippen LogP contribution in [-0.4, -0.2) is 107 Å². The number of carboxylic acids is 1. The van der Waals surface area contributed by atoms with E-state index in [1.165, 1.54) is 18.7 Å². The zero-order chi connectivity index (χ0) is 39.7. The number of carbonyl (C=O) groups is 7. The van der Waals surface area contributed by atoms with E-state index in [1.807, 2.05) is 40.9 Å². The predicted molar refractivity (Wildman–Crippen MR) is 202 cm³/mol. The second kappa shape index (κ2) is 23.3. The van der Waals surface area contributed by atoms with Gasteiger partial charge in [-0.3, -0.25) is 28.8 Å². The Morgan fingerprint density at radius 3 is 1.69 bits per heavy atom. The number of aliphatic carboxylic acids is 1. The number of nitrogens with one attached hydrogen (secondary N) is 7. The van der Waals surface area contributed by atoms with Crippen LogP contribution in [0.25, 0.3) is 0 Å². The van der Waals surface area contributed by atoms with E-state index in [4.69, 9.17) is 0 Å². The van der Waals surface area contributed by atoms with Crippen LogP contribution in [0.5, 0.6) is 0 Å². The maximum Gasteiger partial charge on any atom is 0.326 e. The van der Waals surface area contributed by atoms with Crippen LogP contribution in [0.1, 0.15) is 101 Å². The second-order valence-electron chi connectivity index (χ2n) is 14.7. The van der Waals surface area contributed by atoms with Crippen LogP contribution < -0.4 is 37.2 Å². The summed E-state index contributed by atoms with van der Waals surface area (Å²) >= 11 is 1.46. The maximum absolute atomic E-state index is 13.6. The SMILES string of the molecule is CCC(C)C(NC(=O)C1CCCN1)C(=O)NC(C(=O)NC(C)C(=O)NC(CC(C)C)C(=O)NC(CCSC)C(=O)NC(C(=O)O)C(C)C)C(C)CC. The molecule has 1 saturated heterocycles. The highest BCUT2D eigenvalue weighted by atomic mass is 32.2. The van der Waals surface area contributed by atoms with Crippen molar-refractivity contribution >= 4 is 53.2 Å². The van der Waals surface area contributed by atoms with Crippen molar-refractivity contribution in [2.24, 2.45) is 23.7 Å². The van der Waals surface area contributed by atoms with Gasteiger partial charge in [0.15, 0.2) is 0 Å². The first kappa shape index (κ1) is 46.6. The van der Waals surface area contributed by atoms with Crippen LogP contribution in [0.3, 0.4) is 0 Å². The Bertz CT molecular complexity index is 1210. The lowest BCUT2D eigenvalue weighted by atomic mass is 9.94. The molecule has 1 aliphatic heterocycles. The van der Waals surface area contributed by atoms with Crippen LogP contribution in [0.4, 0.5) is 0 Å². The molecule has 1 aliphatic rings. The van der Waals surface area contributed by atoms with Crippen molar-refractivity contribution in [3.8, 4) is 0 Å². The number of hydrogen-bond donors (Lipinski definition) is 8. The maximum atomic E-state index is 13.6. The smallest absolute Gasteiger partial charge is 0.326 e. The van der Waals surface area contributed by atoms with Crippen LogP contribution in [0.15, 0.2) is 0 Å². The van der Waals surface area contributed by atoms with Crippen LogP contribution in [0, 0.1) is 23.7 Å². The molecule has 1 fully saturated rings. The molecule has 0 spiro atoms. The molecule has 9 unspecified atom stereocenters. The third-order valence-electron chi connectivity index (χ3n) is 9.53. The van der Waals surface area contributed by atoms with Crippen molar-refractivity contribution in [3.05, 3.63) is 0 Å². The van der Waals surface area contributed by atoms with E-state index in [1.54, 1.807) is 20.8 Å². The average Bonchev–Trinajstić information content (AvgIpc) is 3.63. The van der Waals surface area contributed by atoms with E-state index < -0.39 is 77.7 Å². The van der Waals surface area contributed by atoms with Crippen molar-refractivity contribution < 1.29 is 38.7 Å². The average molecular weight is 756 g/mol. The number of thioether (sulfide) groups is 1. The molecule has 6 amide bonds. The fourth-order valence-electron chi connectivity index (χ4n) is 5.72. The molecule has 9 atom stereocenters. The van der Waals surface area contributed by atoms with E-state index in [9.17, 15) is 38.7 Å². The Hall–Kier alpha value is -3.40. The fraction of sp³-hybridized carbons (Fsp3) is 0.806. The van der Waals surface area contributed by atoms with Crippen LogP contribution >= 0.6 is 11.8 Å². The molecule has 0 radical (unpaired) electrons. The quantitative estimate of drug-likeness (QED) is 0.0747. The molecule has 1 heterocycles. The minimum absolute atomic E-state index is 0.0369. The summed E-state index contributed by atoms with van der Waals surface area (Å²) in [5.74, 6) is -4.87. The second-order valence-corrected chi connectivity index (χ2v) is 15.7. The number of amides is 6. The molecule has 0 saturated carbocycles. The van der Waals surface area contributed by atoms with Crippen molar-refractivity contribution in [2.45, 2.75) is 143 Å². The number of rotatable bonds is 23. The van der Waals surface area contributed by atoms with Gasteiger partial charge in [0.2, 0.25) is 35.4 Å². The zero-order valence-electron chi connectivity index (χ0n) is 32.7. The van der Waals surface area contributed by atoms with E-state index >= 15 is 0 Å². The van der Waals surface area contributed by atoms with Gasteiger partial charge in [-0.1, -0.05) is 68.2 Å². The molecule has 52 heavy (non-hydrogen) atoms. The van der Waals surface area contributed by atoms with E-state index in [-0.39, 0.29) is 42.5 Å². The summed E-state index contributed by atoms with van der Waals surface area (Å²) < 4.78 is 0. The molecule has 16 heteroatoms. The van der Waals surface area contributed by atoms with Gasteiger partial charge in [-0.2, -0.15) is 11.8 Å². The fourth-order valence-corrected chi connectivity index (χ4v) is 6.19. The number of carbonyl (C=O) groups excluding carboxylic acids is 6. The summed E-state index contributed by atoms with van der Waals surface area (Å²) in [4.78, 5) is 91.9. The normalized spacial score (nSPS) is 18.9. The van der Waals surface area contributed by atoms with E-state index in [2.05, 4.69) is 37.2 Å². The minimum atomic E-state index is -1.19. The minimum Gasteiger partial charge on any atom is -0.480 e. The monoisotopic (exact) mass is 755 g/mol. The summed E-state index contributed by atoms with van der Waals surface area (Å²) in [5, 5.41) is 29.0. The Kier molecular flexibility index (Phi) is 20.9. The lowest BCUT2D eigenvalue weighted by Crippen LogP contribution is -2.61. The summed E-state index contributed by atoms with van der Waals surface area (Å²) in [6.45, 7) is 16.7. The van der Waals surface area contributed by atoms with E-state index in [0.717, 1.165) is 13.0 Å². The molecule has 0 aromatic heterocycles. The van der Waals surface area contributed by atoms with Crippen molar-refractivity contribution in [3.63, 3.8) is 0 Å². The molecular formula is C36H65N7O8S. The van der Waals surface area contributed by atoms with Gasteiger partial charge in [0.05, 0.1) is 6.04 Å². The molecule has 0 aromatic carbocycles. The summed E-state index contributed by atoms with van der Waals surface area (Å²) in [7, 11) is 0. The van der Waals surface area contributed by atoms with Gasteiger partial charge in [-0.05, 0) is 74.8 Å². The summed E-state index contributed by atoms with van der Waals surface area (Å²) in [6, 6.07) is -6.59. The lowest BCUT2D eigenvalue weighted by Gasteiger charge is -2.30. The van der Waals surface area contributed by atoms with Crippen LogP contribution in [-0.2, 0) is 33.6 Å². The van der Waals surface area contributed by atoms with Crippen molar-refractivity contribution in [1.82, 2.24) is 37.2 Å². The molecule has 1 rings (SSSR count). The molecule has 0 aromatic rings. The predicted octanol–water partition coefficient (Wildman–Crippen LogP) is 1.30. The Morgan fingerprint density at radius 2 is 1.21 bits per heavy atom. The molecule has 298 valence electrons. The number of hydrogen-bond acceptors (Lipinski definition) is 9. The summed E-state index contributed by atoms with van der Waals surface area (Å²) in [6.07, 6.45) is 5.00. The van der Waals surface area contributed by atoms with Crippen molar-refractivity contribution in [1.29, 1.82) is 0 Å². The van der Waals surface area contributed by atoms with Gasteiger partial charge < -0.3 is 42.3 Å². The van der Waals surface area contributed by atoms with Gasteiger partial charge in [-0.15, -0.1) is 0 Å². The largest absolute Gasteiger partial charge is 0.480 e. The highest BCUT2D eigenvalue weighted by Crippen LogP contribution is 2.15.